The Bertz CT molecular complexity index is 3780. The highest BCUT2D eigenvalue weighted by atomic mass is 16.4. The number of aliphatic carboxylic acids is 1. The Balaban J connectivity index is 2.83. The summed E-state index contributed by atoms with van der Waals surface area (Å²) in [7, 11) is 0. The molecule has 56 nitrogen and oxygen atoms in total. The minimum absolute atomic E-state index is 0.00116. The molecule has 0 spiro atoms. The standard InChI is InChI=1S/C71H135N41O15/c72-36-50(114)101-37(12-1-25-92-63(74)75)51(115)102-38(13-2-26-93-64(76)77)52(116)103-39(14-3-27-94-65(78)79)53(117)104-40(15-4-28-95-66(80)81)54(118)105-41(16-5-29-96-67(82)83)55(119)106-42(17-6-30-97-68(84)85)56(120)107-43(18-7-31-98-69(86)87)57(121)108-44(19-8-32-99-70(88)89)58(122)109-45(20-9-33-100-71(90)91)60(124)112-35-11-22-48(112)61(125)111-34-10-21-47(111)59(123)110-46(62(126)127)23-24-49(73)113/h37-48H,1-36,72H2,(H2,73,113)(H,101,114)(H,102,115)(H,103,116)(H,104,117)(H,105,118)(H,106,119)(H,107,120)(H,108,121)(H,109,122)(H,110,123)(H,126,127)(H4,74,75,92)(H4,76,77,93)(H4,78,79,94)(H4,80,81,95)(H4,82,83,96)(H4,84,85,97)(H4,86,87,98)(H4,88,89,99)(H4,90,91,100)/t37-,38-,39-,40-,41-,42-,43-,44-,45-,46-,47-,48-/m0/s1. The molecule has 0 bridgehead atoms. The smallest absolute Gasteiger partial charge is 0.326 e. The third-order valence-corrected chi connectivity index (χ3v) is 19.7. The molecule has 0 aliphatic carbocycles. The molecule has 2 aliphatic heterocycles. The van der Waals surface area contributed by atoms with Crippen molar-refractivity contribution < 1.29 is 72.2 Å². The Kier molecular flexibility index (Phi) is 51.3. The van der Waals surface area contributed by atoms with Gasteiger partial charge in [-0.05, 0) is 148 Å². The Morgan fingerprint density at radius 3 is 0.740 bits per heavy atom. The zero-order chi connectivity index (χ0) is 95.3. The number of rotatable bonds is 62. The van der Waals surface area contributed by atoms with Gasteiger partial charge in [0.25, 0.3) is 0 Å². The summed E-state index contributed by atoms with van der Waals surface area (Å²) in [4.78, 5) is 201. The fraction of sp³-hybridized carbons (Fsp3) is 0.676. The van der Waals surface area contributed by atoms with Crippen LogP contribution in [0.4, 0.5) is 0 Å². The lowest BCUT2D eigenvalue weighted by Crippen LogP contribution is -2.61. The van der Waals surface area contributed by atoms with Crippen LogP contribution < -0.4 is 164 Å². The molecular weight excluding hydrogens is 1670 g/mol. The number of nitrogens with one attached hydrogen (secondary N) is 28. The van der Waals surface area contributed by atoms with Crippen molar-refractivity contribution in [3.8, 4) is 0 Å². The number of guanidine groups is 9. The van der Waals surface area contributed by atoms with Crippen LogP contribution in [0.2, 0.25) is 0 Å². The number of nitrogens with two attached hydrogens (primary N) is 11. The van der Waals surface area contributed by atoms with Crippen LogP contribution in [-0.4, -0.2) is 302 Å². The minimum Gasteiger partial charge on any atom is -0.480 e. The topological polar surface area (TPSA) is 995 Å². The molecule has 0 aromatic rings. The molecule has 12 atom stereocenters. The molecule has 13 amide bonds. The second kappa shape index (κ2) is 59.7. The molecule has 0 radical (unpaired) electrons. The first-order chi connectivity index (χ1) is 60.0. The molecule has 2 heterocycles. The van der Waals surface area contributed by atoms with E-state index in [2.05, 4.69) is 101 Å². The Labute approximate surface area is 733 Å². The first-order valence-corrected chi connectivity index (χ1v) is 41.6. The van der Waals surface area contributed by atoms with Gasteiger partial charge in [-0.1, -0.05) is 0 Å². The highest BCUT2D eigenvalue weighted by molar-refractivity contribution is 6.00. The molecule has 0 aromatic carbocycles. The summed E-state index contributed by atoms with van der Waals surface area (Å²) in [5.41, 5.74) is 60.8. The van der Waals surface area contributed by atoms with Gasteiger partial charge >= 0.3 is 5.97 Å². The average Bonchev–Trinajstić information content (AvgIpc) is 1.66. The Morgan fingerprint density at radius 1 is 0.291 bits per heavy atom. The fourth-order valence-electron chi connectivity index (χ4n) is 13.4. The largest absolute Gasteiger partial charge is 0.480 e. The molecule has 51 N–H and O–H groups in total. The van der Waals surface area contributed by atoms with Gasteiger partial charge in [0.1, 0.15) is 72.5 Å². The van der Waals surface area contributed by atoms with Crippen LogP contribution in [0.15, 0.2) is 0 Å². The molecule has 2 aliphatic rings. The van der Waals surface area contributed by atoms with Crippen LogP contribution >= 0.6 is 0 Å². The van der Waals surface area contributed by atoms with E-state index in [1.165, 1.54) is 9.80 Å². The fourth-order valence-corrected chi connectivity index (χ4v) is 13.4. The predicted molar refractivity (Wildman–Crippen MR) is 466 cm³/mol. The third-order valence-electron chi connectivity index (χ3n) is 19.7. The van der Waals surface area contributed by atoms with Crippen molar-refractivity contribution in [3.63, 3.8) is 0 Å². The molecule has 0 saturated carbocycles. The second-order valence-electron chi connectivity index (χ2n) is 29.9. The molecular formula is C71H135N41O15. The van der Waals surface area contributed by atoms with Gasteiger partial charge in [0.05, 0.1) is 6.54 Å². The first kappa shape index (κ1) is 109. The summed E-state index contributed by atoms with van der Waals surface area (Å²) >= 11 is 0. The van der Waals surface area contributed by atoms with Crippen molar-refractivity contribution in [2.75, 3.05) is 78.5 Å². The van der Waals surface area contributed by atoms with Gasteiger partial charge in [-0.2, -0.15) is 0 Å². The molecule has 0 unspecified atom stereocenters. The molecule has 714 valence electrons. The normalized spacial score (nSPS) is 15.5. The number of likely N-dealkylation sites (tertiary alicyclic amines) is 2. The van der Waals surface area contributed by atoms with E-state index in [4.69, 9.17) is 112 Å². The lowest BCUT2D eigenvalue weighted by molar-refractivity contribution is -0.149. The number of carboxylic acids is 1. The first-order valence-electron chi connectivity index (χ1n) is 41.6. The average molecular weight is 1800 g/mol. The number of carboxylic acid groups (broad SMARTS) is 1. The molecule has 56 heteroatoms. The maximum Gasteiger partial charge on any atom is 0.326 e. The van der Waals surface area contributed by atoms with Gasteiger partial charge in [-0.15, -0.1) is 0 Å². The van der Waals surface area contributed by atoms with Gasteiger partial charge < -0.3 is 179 Å². The van der Waals surface area contributed by atoms with Gasteiger partial charge in [0.2, 0.25) is 76.8 Å². The Hall–Kier alpha value is -14.0. The second-order valence-corrected chi connectivity index (χ2v) is 29.9. The van der Waals surface area contributed by atoms with Gasteiger partial charge in [-0.3, -0.25) is 111 Å². The summed E-state index contributed by atoms with van der Waals surface area (Å²) < 4.78 is 0. The summed E-state index contributed by atoms with van der Waals surface area (Å²) in [6.45, 7) is -0.747. The summed E-state index contributed by atoms with van der Waals surface area (Å²) in [6, 6.07) is -18.0. The number of amides is 13. The van der Waals surface area contributed by atoms with Crippen LogP contribution in [0.3, 0.4) is 0 Å². The van der Waals surface area contributed by atoms with E-state index in [-0.39, 0.29) is 226 Å². The minimum atomic E-state index is -1.67. The van der Waals surface area contributed by atoms with Crippen molar-refractivity contribution >= 4 is 136 Å². The van der Waals surface area contributed by atoms with E-state index in [1.807, 2.05) is 0 Å². The number of carbonyl (C=O) groups is 14. The number of carbonyl (C=O) groups excluding carboxylic acids is 13. The quantitative estimate of drug-likeness (QED) is 0.0153. The van der Waals surface area contributed by atoms with E-state index in [0.717, 1.165) is 0 Å². The Morgan fingerprint density at radius 2 is 0.512 bits per heavy atom. The van der Waals surface area contributed by atoms with Crippen molar-refractivity contribution in [3.05, 3.63) is 0 Å². The van der Waals surface area contributed by atoms with Gasteiger partial charge in [0.15, 0.2) is 53.6 Å². The molecule has 2 saturated heterocycles. The molecule has 2 rings (SSSR count). The monoisotopic (exact) mass is 1800 g/mol. The van der Waals surface area contributed by atoms with Crippen LogP contribution in [0.1, 0.15) is 154 Å². The van der Waals surface area contributed by atoms with Crippen LogP contribution in [0.25, 0.3) is 0 Å². The summed E-state index contributed by atoms with van der Waals surface area (Å²) in [5.74, 6) is -17.3. The third kappa shape index (κ3) is 45.8. The zero-order valence-electron chi connectivity index (χ0n) is 71.3. The summed E-state index contributed by atoms with van der Waals surface area (Å²) in [6.07, 6.45) is -1.77. The zero-order valence-corrected chi connectivity index (χ0v) is 71.3. The number of hydrogen-bond acceptors (Lipinski definition) is 24. The maximum absolute atomic E-state index is 15.1. The number of nitrogens with zero attached hydrogens (tertiary/aromatic N) is 2. The van der Waals surface area contributed by atoms with E-state index in [0.29, 0.717) is 6.42 Å². The van der Waals surface area contributed by atoms with Crippen LogP contribution in [0, 0.1) is 48.7 Å². The number of primary amides is 1. The van der Waals surface area contributed by atoms with E-state index >= 15 is 28.8 Å². The van der Waals surface area contributed by atoms with E-state index in [9.17, 15) is 43.5 Å². The molecule has 0 aromatic heterocycles. The van der Waals surface area contributed by atoms with Crippen molar-refractivity contribution in [1.29, 1.82) is 48.7 Å². The van der Waals surface area contributed by atoms with Crippen LogP contribution in [-0.2, 0) is 67.1 Å². The summed E-state index contributed by atoms with van der Waals surface area (Å²) in [5, 5.41) is 129. The van der Waals surface area contributed by atoms with Gasteiger partial charge in [-0.25, -0.2) is 4.79 Å². The predicted octanol–water partition coefficient (Wildman–Crippen LogP) is -13.5. The maximum atomic E-state index is 15.1. The lowest BCUT2D eigenvalue weighted by atomic mass is 10.0. The van der Waals surface area contributed by atoms with Crippen molar-refractivity contribution in [1.82, 2.24) is 111 Å². The lowest BCUT2D eigenvalue weighted by Gasteiger charge is -2.33. The highest BCUT2D eigenvalue weighted by Crippen LogP contribution is 2.27. The number of hydrogen-bond donors (Lipinski definition) is 40. The molecule has 2 fully saturated rings. The van der Waals surface area contributed by atoms with Crippen molar-refractivity contribution in [2.24, 2.45) is 63.1 Å². The SMILES string of the molecule is N=C(N)NCCC[C@H](NC(=O)CN)C(=O)N[C@@H](CCCNC(=N)N)C(=O)N[C@@H](CCCNC(=N)N)C(=O)N[C@@H](CCCNC(=N)N)C(=O)N[C@@H](CCCNC(=N)N)C(=O)N[C@@H](CCCNC(=N)N)C(=O)N[C@@H](CCCNC(=N)N)C(=O)N[C@@H](CCCNC(=N)N)C(=O)N[C@@H](CCCNC(=N)N)C(=O)N1CCC[C@H]1C(=O)N1CCC[C@H]1C(=O)N[C@@H](CCC(N)=O)C(=O)O. The molecule has 127 heavy (non-hydrogen) atoms. The van der Waals surface area contributed by atoms with Gasteiger partial charge in [0, 0.05) is 78.4 Å². The van der Waals surface area contributed by atoms with E-state index in [1.54, 1.807) is 0 Å². The van der Waals surface area contributed by atoms with Crippen LogP contribution in [0.5, 0.6) is 0 Å². The highest BCUT2D eigenvalue weighted by Gasteiger charge is 2.45. The van der Waals surface area contributed by atoms with Crippen molar-refractivity contribution in [2.45, 2.75) is 227 Å². The van der Waals surface area contributed by atoms with E-state index < -0.39 is 209 Å².